The Balaban J connectivity index is 0. The van der Waals surface area contributed by atoms with Gasteiger partial charge in [0.05, 0.1) is 13.2 Å². The van der Waals surface area contributed by atoms with E-state index in [0.29, 0.717) is 13.2 Å². The van der Waals surface area contributed by atoms with Gasteiger partial charge in [0.15, 0.2) is 5.79 Å². The van der Waals surface area contributed by atoms with Crippen LogP contribution >= 0.6 is 0 Å². The first-order valence-corrected chi connectivity index (χ1v) is 4.69. The second-order valence-electron chi connectivity index (χ2n) is 3.79. The topological polar surface area (TPSA) is 71.0 Å². The molecule has 1 saturated heterocycles. The molecule has 0 amide bonds. The Morgan fingerprint density at radius 1 is 1.67 bits per heavy atom. The van der Waals surface area contributed by atoms with Crippen molar-refractivity contribution >= 4 is 10.1 Å². The monoisotopic (exact) mass is 215 g/mol. The minimum absolute atomic E-state index is 0. The molecule has 0 aliphatic carbocycles. The predicted octanol–water partition coefficient (Wildman–Crippen LogP) is -1.39. The van der Waals surface area contributed by atoms with E-state index < -0.39 is 18.5 Å². The Hall–Kier alpha value is -0.0312. The molecule has 2 atom stereocenters. The number of hydrogen-bond donors (Lipinski definition) is 1. The Bertz CT molecular complexity index is 181. The number of aliphatic hydroxyl groups is 1. The van der Waals surface area contributed by atoms with Gasteiger partial charge in [-0.3, -0.25) is 0 Å². The molecule has 1 heterocycles. The van der Waals surface area contributed by atoms with Crippen molar-refractivity contribution in [1.29, 1.82) is 0 Å². The van der Waals surface area contributed by atoms with Crippen LogP contribution in [0.2, 0.25) is 0 Å². The molecule has 1 aliphatic heterocycles. The van der Waals surface area contributed by atoms with Crippen LogP contribution in [0.3, 0.4) is 0 Å². The van der Waals surface area contributed by atoms with E-state index in [2.05, 4.69) is 0 Å². The SMILES string of the molecule is CC1(C)OCC(COCC([O-])CO)O1.[Be+2].[H-]. The van der Waals surface area contributed by atoms with Gasteiger partial charge in [-0.2, -0.15) is 0 Å². The second kappa shape index (κ2) is 6.53. The maximum Gasteiger partial charge on any atom is 2.00 e. The van der Waals surface area contributed by atoms with E-state index >= 15 is 0 Å². The molecule has 1 rings (SSSR count). The second-order valence-corrected chi connectivity index (χ2v) is 3.79. The van der Waals surface area contributed by atoms with E-state index in [1.165, 1.54) is 0 Å². The average molecular weight is 215 g/mol. The maximum atomic E-state index is 10.7. The third-order valence-electron chi connectivity index (χ3n) is 1.88. The van der Waals surface area contributed by atoms with Crippen LogP contribution in [0.15, 0.2) is 0 Å². The molecule has 0 bridgehead atoms. The van der Waals surface area contributed by atoms with Crippen molar-refractivity contribution in [3.63, 3.8) is 0 Å². The molecule has 1 aliphatic rings. The molecular formula is C9H18BeO5. The number of rotatable bonds is 5. The van der Waals surface area contributed by atoms with Crippen molar-refractivity contribution < 1.29 is 25.9 Å². The van der Waals surface area contributed by atoms with Crippen molar-refractivity contribution in [3.05, 3.63) is 0 Å². The van der Waals surface area contributed by atoms with E-state index in [4.69, 9.17) is 19.3 Å². The average Bonchev–Trinajstić information content (AvgIpc) is 2.45. The first-order valence-electron chi connectivity index (χ1n) is 4.69. The van der Waals surface area contributed by atoms with Crippen LogP contribution in [0.4, 0.5) is 0 Å². The molecule has 0 radical (unpaired) electrons. The van der Waals surface area contributed by atoms with Gasteiger partial charge in [0, 0.05) is 13.2 Å². The van der Waals surface area contributed by atoms with Crippen molar-refractivity contribution in [2.75, 3.05) is 26.4 Å². The van der Waals surface area contributed by atoms with Crippen LogP contribution < -0.4 is 5.11 Å². The molecule has 0 saturated carbocycles. The van der Waals surface area contributed by atoms with Crippen molar-refractivity contribution in [2.24, 2.45) is 0 Å². The summed E-state index contributed by atoms with van der Waals surface area (Å²) in [5, 5.41) is 19.2. The Morgan fingerprint density at radius 2 is 2.33 bits per heavy atom. The van der Waals surface area contributed by atoms with Crippen LogP contribution in [0, 0.1) is 0 Å². The maximum absolute atomic E-state index is 10.7. The summed E-state index contributed by atoms with van der Waals surface area (Å²) in [5.41, 5.74) is 0. The summed E-state index contributed by atoms with van der Waals surface area (Å²) in [6.07, 6.45) is -1.18. The van der Waals surface area contributed by atoms with E-state index in [1.807, 2.05) is 13.8 Å². The van der Waals surface area contributed by atoms with Crippen LogP contribution in [0.1, 0.15) is 15.3 Å². The Kier molecular flexibility index (Phi) is 6.52. The molecule has 1 fully saturated rings. The summed E-state index contributed by atoms with van der Waals surface area (Å²) in [6, 6.07) is 0. The summed E-state index contributed by atoms with van der Waals surface area (Å²) in [7, 11) is 0. The van der Waals surface area contributed by atoms with Crippen LogP contribution in [-0.2, 0) is 14.2 Å². The Morgan fingerprint density at radius 3 is 2.80 bits per heavy atom. The molecule has 15 heavy (non-hydrogen) atoms. The largest absolute Gasteiger partial charge is 2.00 e. The van der Waals surface area contributed by atoms with Gasteiger partial charge < -0.3 is 25.9 Å². The van der Waals surface area contributed by atoms with Gasteiger partial charge in [0.2, 0.25) is 0 Å². The van der Waals surface area contributed by atoms with Gasteiger partial charge in [-0.1, -0.05) is 6.10 Å². The van der Waals surface area contributed by atoms with E-state index in [1.54, 1.807) is 0 Å². The minimum atomic E-state index is -1.06. The standard InChI is InChI=1S/C9H17O5.Be.H/c1-9(2)13-6-8(14-9)5-12-4-7(11)3-10;;/h7-8,10H,3-6H2,1-2H3;;/q-1;+2;-1. The molecule has 0 aromatic rings. The summed E-state index contributed by atoms with van der Waals surface area (Å²) in [5.74, 6) is -0.554. The molecular weight excluding hydrogens is 197 g/mol. The number of aliphatic hydroxyl groups excluding tert-OH is 1. The van der Waals surface area contributed by atoms with Gasteiger partial charge in [0.25, 0.3) is 0 Å². The summed E-state index contributed by atoms with van der Waals surface area (Å²) < 4.78 is 15.8. The Labute approximate surface area is 95.0 Å². The van der Waals surface area contributed by atoms with Gasteiger partial charge >= 0.3 is 10.1 Å². The molecule has 6 heteroatoms. The quantitative estimate of drug-likeness (QED) is 0.572. The van der Waals surface area contributed by atoms with Crippen molar-refractivity contribution in [2.45, 2.75) is 31.8 Å². The third-order valence-corrected chi connectivity index (χ3v) is 1.88. The van der Waals surface area contributed by atoms with Gasteiger partial charge in [-0.25, -0.2) is 0 Å². The zero-order valence-corrected chi connectivity index (χ0v) is 9.27. The number of ether oxygens (including phenoxy) is 3. The molecule has 1 N–H and O–H groups in total. The fourth-order valence-electron chi connectivity index (χ4n) is 1.23. The van der Waals surface area contributed by atoms with Crippen LogP contribution in [0.5, 0.6) is 0 Å². The fourth-order valence-corrected chi connectivity index (χ4v) is 1.23. The van der Waals surface area contributed by atoms with Gasteiger partial charge in [0.1, 0.15) is 6.10 Å². The molecule has 5 nitrogen and oxygen atoms in total. The normalized spacial score (nSPS) is 26.0. The van der Waals surface area contributed by atoms with Gasteiger partial charge in [-0.05, 0) is 13.8 Å². The van der Waals surface area contributed by atoms with Crippen molar-refractivity contribution in [3.8, 4) is 0 Å². The molecule has 0 aromatic heterocycles. The zero-order valence-electron chi connectivity index (χ0n) is 10.3. The fraction of sp³-hybridized carbons (Fsp3) is 1.00. The molecule has 86 valence electrons. The van der Waals surface area contributed by atoms with Crippen LogP contribution in [-0.4, -0.2) is 59.7 Å². The summed E-state index contributed by atoms with van der Waals surface area (Å²) >= 11 is 0. The van der Waals surface area contributed by atoms with E-state index in [9.17, 15) is 5.11 Å². The predicted molar refractivity (Wildman–Crippen MR) is 53.5 cm³/mol. The first kappa shape index (κ1) is 15.0. The summed E-state index contributed by atoms with van der Waals surface area (Å²) in [6.45, 7) is 4.09. The van der Waals surface area contributed by atoms with E-state index in [0.717, 1.165) is 0 Å². The van der Waals surface area contributed by atoms with Crippen molar-refractivity contribution in [1.82, 2.24) is 0 Å². The molecule has 0 aromatic carbocycles. The smallest absolute Gasteiger partial charge is 1.00 e. The van der Waals surface area contributed by atoms with Gasteiger partial charge in [-0.15, -0.1) is 0 Å². The molecule has 0 spiro atoms. The number of hydrogen-bond acceptors (Lipinski definition) is 5. The zero-order chi connectivity index (χ0) is 10.6. The van der Waals surface area contributed by atoms with E-state index in [-0.39, 0.29) is 24.3 Å². The van der Waals surface area contributed by atoms with Crippen LogP contribution in [0.25, 0.3) is 0 Å². The minimum Gasteiger partial charge on any atom is -1.00 e. The first-order chi connectivity index (χ1) is 6.53. The molecule has 2 unspecified atom stereocenters. The third kappa shape index (κ3) is 5.56. The summed E-state index contributed by atoms with van der Waals surface area (Å²) in [4.78, 5) is 0.